The number of benzene rings is 2. The van der Waals surface area contributed by atoms with E-state index in [0.717, 1.165) is 6.42 Å². The zero-order valence-corrected chi connectivity index (χ0v) is 15.7. The van der Waals surface area contributed by atoms with Crippen LogP contribution in [0.2, 0.25) is 0 Å². The lowest BCUT2D eigenvalue weighted by molar-refractivity contribution is -0.117. The molecule has 1 aliphatic rings. The molecular weight excluding hydrogens is 377 g/mol. The number of amides is 1. The summed E-state index contributed by atoms with van der Waals surface area (Å²) in [6, 6.07) is 12.5. The first-order valence-electron chi connectivity index (χ1n) is 9.22. The number of anilines is 1. The molecule has 1 fully saturated rings. The quantitative estimate of drug-likeness (QED) is 0.609. The van der Waals surface area contributed by atoms with Crippen LogP contribution in [0.4, 0.5) is 10.1 Å². The minimum Gasteiger partial charge on any atom is -0.449 e. The van der Waals surface area contributed by atoms with Gasteiger partial charge < -0.3 is 14.1 Å². The smallest absolute Gasteiger partial charge is 0.341 e. The fourth-order valence-corrected chi connectivity index (χ4v) is 3.17. The average molecular weight is 395 g/mol. The third-order valence-electron chi connectivity index (χ3n) is 4.65. The highest BCUT2D eigenvalue weighted by Crippen LogP contribution is 2.28. The molecule has 8 heteroatoms. The summed E-state index contributed by atoms with van der Waals surface area (Å²) in [4.78, 5) is 26.4. The van der Waals surface area contributed by atoms with Crippen molar-refractivity contribution in [3.8, 4) is 11.5 Å². The molecule has 29 heavy (non-hydrogen) atoms. The van der Waals surface area contributed by atoms with E-state index in [2.05, 4.69) is 10.2 Å². The third-order valence-corrected chi connectivity index (χ3v) is 4.65. The van der Waals surface area contributed by atoms with Crippen LogP contribution >= 0.6 is 0 Å². The van der Waals surface area contributed by atoms with Gasteiger partial charge in [-0.15, -0.1) is 10.2 Å². The molecule has 1 aliphatic heterocycles. The molecule has 0 unspecified atom stereocenters. The summed E-state index contributed by atoms with van der Waals surface area (Å²) in [5, 5.41) is 7.85. The number of ether oxygens (including phenoxy) is 1. The van der Waals surface area contributed by atoms with E-state index in [1.165, 1.54) is 24.3 Å². The second-order valence-electron chi connectivity index (χ2n) is 6.67. The van der Waals surface area contributed by atoms with Crippen LogP contribution in [0.25, 0.3) is 11.5 Å². The molecule has 1 aromatic heterocycles. The van der Waals surface area contributed by atoms with E-state index >= 15 is 0 Å². The van der Waals surface area contributed by atoms with Crippen molar-refractivity contribution in [3.63, 3.8) is 0 Å². The molecule has 7 nitrogen and oxygen atoms in total. The van der Waals surface area contributed by atoms with Crippen LogP contribution < -0.4 is 4.90 Å². The summed E-state index contributed by atoms with van der Waals surface area (Å²) >= 11 is 0. The maximum Gasteiger partial charge on any atom is 0.341 e. The van der Waals surface area contributed by atoms with Gasteiger partial charge >= 0.3 is 5.97 Å². The van der Waals surface area contributed by atoms with E-state index in [-0.39, 0.29) is 23.5 Å². The fourth-order valence-electron chi connectivity index (χ4n) is 3.17. The molecule has 0 saturated carbocycles. The first-order valence-corrected chi connectivity index (χ1v) is 9.22. The fraction of sp³-hybridized carbons (Fsp3) is 0.238. The standard InChI is InChI=1S/C21H18FN3O4/c1-13(19-23-24-20(29-19)14-8-10-15(22)11-9-14)28-21(27)16-5-2-3-6-17(16)25-12-4-7-18(25)26/h2-3,5-6,8-11,13H,4,7,12H2,1H3/t13-/m0/s1. The molecule has 2 heterocycles. The lowest BCUT2D eigenvalue weighted by Crippen LogP contribution is -2.26. The summed E-state index contributed by atoms with van der Waals surface area (Å²) in [6.07, 6.45) is 0.423. The topological polar surface area (TPSA) is 85.5 Å². The SMILES string of the molecule is C[C@H](OC(=O)c1ccccc1N1CCCC1=O)c1nnc(-c2ccc(F)cc2)o1. The van der Waals surface area contributed by atoms with Gasteiger partial charge in [0.05, 0.1) is 11.3 Å². The maximum absolute atomic E-state index is 13.1. The molecule has 2 aromatic carbocycles. The van der Waals surface area contributed by atoms with E-state index in [0.29, 0.717) is 29.8 Å². The number of carbonyl (C=O) groups excluding carboxylic acids is 2. The largest absolute Gasteiger partial charge is 0.449 e. The molecule has 0 aliphatic carbocycles. The lowest BCUT2D eigenvalue weighted by Gasteiger charge is -2.19. The zero-order valence-electron chi connectivity index (χ0n) is 15.7. The summed E-state index contributed by atoms with van der Waals surface area (Å²) in [5.74, 6) is -0.655. The molecule has 0 spiro atoms. The van der Waals surface area contributed by atoms with E-state index in [9.17, 15) is 14.0 Å². The van der Waals surface area contributed by atoms with Gasteiger partial charge in [-0.1, -0.05) is 12.1 Å². The Hall–Kier alpha value is -3.55. The Kier molecular flexibility index (Phi) is 5.07. The number of rotatable bonds is 5. The number of halogens is 1. The monoisotopic (exact) mass is 395 g/mol. The Bertz CT molecular complexity index is 1050. The maximum atomic E-state index is 13.1. The van der Waals surface area contributed by atoms with Gasteiger partial charge in [0.1, 0.15) is 5.82 Å². The predicted molar refractivity (Wildman–Crippen MR) is 102 cm³/mol. The minimum absolute atomic E-state index is 0.0147. The van der Waals surface area contributed by atoms with Crippen molar-refractivity contribution in [2.24, 2.45) is 0 Å². The number of aromatic nitrogens is 2. The van der Waals surface area contributed by atoms with Gasteiger partial charge in [0, 0.05) is 18.5 Å². The van der Waals surface area contributed by atoms with E-state index in [4.69, 9.17) is 9.15 Å². The summed E-state index contributed by atoms with van der Waals surface area (Å²) in [5.41, 5.74) is 1.39. The Morgan fingerprint density at radius 2 is 1.93 bits per heavy atom. The Morgan fingerprint density at radius 1 is 1.17 bits per heavy atom. The van der Waals surface area contributed by atoms with Gasteiger partial charge in [-0.2, -0.15) is 0 Å². The van der Waals surface area contributed by atoms with Crippen molar-refractivity contribution in [2.75, 3.05) is 11.4 Å². The highest BCUT2D eigenvalue weighted by atomic mass is 19.1. The van der Waals surface area contributed by atoms with Crippen LogP contribution in [0.1, 0.15) is 42.1 Å². The first kappa shape index (κ1) is 18.8. The molecule has 0 N–H and O–H groups in total. The van der Waals surface area contributed by atoms with E-state index in [1.54, 1.807) is 36.1 Å². The highest BCUT2D eigenvalue weighted by molar-refractivity contribution is 6.03. The van der Waals surface area contributed by atoms with E-state index < -0.39 is 12.1 Å². The third kappa shape index (κ3) is 3.87. The molecule has 0 bridgehead atoms. The summed E-state index contributed by atoms with van der Waals surface area (Å²) in [7, 11) is 0. The van der Waals surface area contributed by atoms with Gasteiger partial charge in [-0.05, 0) is 49.7 Å². The number of hydrogen-bond donors (Lipinski definition) is 0. The Morgan fingerprint density at radius 3 is 2.66 bits per heavy atom. The molecule has 3 aromatic rings. The molecule has 1 atom stereocenters. The highest BCUT2D eigenvalue weighted by Gasteiger charge is 2.27. The van der Waals surface area contributed by atoms with Crippen LogP contribution in [0.5, 0.6) is 0 Å². The van der Waals surface area contributed by atoms with Crippen LogP contribution in [0.3, 0.4) is 0 Å². The van der Waals surface area contributed by atoms with Crippen LogP contribution in [0, 0.1) is 5.82 Å². The molecule has 148 valence electrons. The van der Waals surface area contributed by atoms with Crippen molar-refractivity contribution in [2.45, 2.75) is 25.9 Å². The molecule has 1 saturated heterocycles. The van der Waals surface area contributed by atoms with Gasteiger partial charge in [0.15, 0.2) is 6.10 Å². The van der Waals surface area contributed by atoms with Crippen LogP contribution in [-0.4, -0.2) is 28.6 Å². The second-order valence-corrected chi connectivity index (χ2v) is 6.67. The minimum atomic E-state index is -0.800. The number of para-hydroxylation sites is 1. The molecular formula is C21H18FN3O4. The lowest BCUT2D eigenvalue weighted by atomic mass is 10.1. The van der Waals surface area contributed by atoms with Crippen LogP contribution in [-0.2, 0) is 9.53 Å². The predicted octanol–water partition coefficient (Wildman–Crippen LogP) is 3.92. The number of hydrogen-bond acceptors (Lipinski definition) is 6. The zero-order chi connectivity index (χ0) is 20.4. The normalized spacial score (nSPS) is 14.8. The van der Waals surface area contributed by atoms with Crippen molar-refractivity contribution >= 4 is 17.6 Å². The Labute approximate surface area is 166 Å². The van der Waals surface area contributed by atoms with Crippen molar-refractivity contribution in [1.82, 2.24) is 10.2 Å². The number of carbonyl (C=O) groups is 2. The van der Waals surface area contributed by atoms with Gasteiger partial charge in [-0.25, -0.2) is 9.18 Å². The molecule has 4 rings (SSSR count). The summed E-state index contributed by atoms with van der Waals surface area (Å²) in [6.45, 7) is 2.19. The summed E-state index contributed by atoms with van der Waals surface area (Å²) < 4.78 is 24.1. The molecule has 1 amide bonds. The van der Waals surface area contributed by atoms with E-state index in [1.807, 2.05) is 0 Å². The Balaban J connectivity index is 1.51. The number of nitrogens with zero attached hydrogens (tertiary/aromatic N) is 3. The number of esters is 1. The first-order chi connectivity index (χ1) is 14.0. The van der Waals surface area contributed by atoms with Crippen molar-refractivity contribution in [3.05, 3.63) is 65.8 Å². The van der Waals surface area contributed by atoms with Crippen molar-refractivity contribution in [1.29, 1.82) is 0 Å². The van der Waals surface area contributed by atoms with Crippen LogP contribution in [0.15, 0.2) is 52.9 Å². The molecule has 0 radical (unpaired) electrons. The van der Waals surface area contributed by atoms with Gasteiger partial charge in [0.2, 0.25) is 11.8 Å². The van der Waals surface area contributed by atoms with Gasteiger partial charge in [-0.3, -0.25) is 4.79 Å². The van der Waals surface area contributed by atoms with Crippen molar-refractivity contribution < 1.29 is 23.1 Å². The van der Waals surface area contributed by atoms with Gasteiger partial charge in [0.25, 0.3) is 5.89 Å². The average Bonchev–Trinajstić information content (AvgIpc) is 3.38. The second kappa shape index (κ2) is 7.83.